The second-order valence-electron chi connectivity index (χ2n) is 6.57. The predicted molar refractivity (Wildman–Crippen MR) is 107 cm³/mol. The van der Waals surface area contributed by atoms with E-state index in [9.17, 15) is 9.90 Å². The van der Waals surface area contributed by atoms with E-state index in [0.29, 0.717) is 18.5 Å². The second kappa shape index (κ2) is 8.02. The SMILES string of the molecule is CN(C)c1ccc(C(=O)NCC[C@H](O)c2cccc3ccccc23)cc1. The second-order valence-corrected chi connectivity index (χ2v) is 6.57. The summed E-state index contributed by atoms with van der Waals surface area (Å²) in [5, 5.41) is 15.6. The van der Waals surface area contributed by atoms with Crippen LogP contribution in [0.25, 0.3) is 10.8 Å². The monoisotopic (exact) mass is 348 g/mol. The number of aliphatic hydroxyl groups excluding tert-OH is 1. The minimum Gasteiger partial charge on any atom is -0.388 e. The Labute approximate surface area is 154 Å². The van der Waals surface area contributed by atoms with Crippen molar-refractivity contribution in [2.45, 2.75) is 12.5 Å². The zero-order chi connectivity index (χ0) is 18.5. The number of nitrogens with one attached hydrogen (secondary N) is 1. The van der Waals surface area contributed by atoms with Gasteiger partial charge in [0, 0.05) is 31.9 Å². The molecule has 4 heteroatoms. The van der Waals surface area contributed by atoms with Crippen LogP contribution in [0, 0.1) is 0 Å². The predicted octanol–water partition coefficient (Wildman–Crippen LogP) is 3.76. The zero-order valence-corrected chi connectivity index (χ0v) is 15.1. The van der Waals surface area contributed by atoms with E-state index in [1.807, 2.05) is 85.7 Å². The highest BCUT2D eigenvalue weighted by molar-refractivity contribution is 5.94. The van der Waals surface area contributed by atoms with Gasteiger partial charge in [-0.1, -0.05) is 42.5 Å². The molecule has 2 N–H and O–H groups in total. The van der Waals surface area contributed by atoms with Crippen LogP contribution in [0.3, 0.4) is 0 Å². The summed E-state index contributed by atoms with van der Waals surface area (Å²) in [6.45, 7) is 0.415. The molecule has 134 valence electrons. The van der Waals surface area contributed by atoms with Crippen molar-refractivity contribution in [2.24, 2.45) is 0 Å². The van der Waals surface area contributed by atoms with Gasteiger partial charge >= 0.3 is 0 Å². The fourth-order valence-electron chi connectivity index (χ4n) is 3.03. The topological polar surface area (TPSA) is 52.6 Å². The Morgan fingerprint density at radius 3 is 2.42 bits per heavy atom. The van der Waals surface area contributed by atoms with Crippen LogP contribution < -0.4 is 10.2 Å². The van der Waals surface area contributed by atoms with Crippen molar-refractivity contribution in [3.05, 3.63) is 77.9 Å². The summed E-state index contributed by atoms with van der Waals surface area (Å²) in [7, 11) is 3.92. The molecule has 1 atom stereocenters. The minimum absolute atomic E-state index is 0.125. The van der Waals surface area contributed by atoms with Gasteiger partial charge in [0.1, 0.15) is 0 Å². The molecule has 0 radical (unpaired) electrons. The highest BCUT2D eigenvalue weighted by Crippen LogP contribution is 2.25. The van der Waals surface area contributed by atoms with E-state index in [1.165, 1.54) is 0 Å². The summed E-state index contributed by atoms with van der Waals surface area (Å²) >= 11 is 0. The van der Waals surface area contributed by atoms with E-state index in [4.69, 9.17) is 0 Å². The van der Waals surface area contributed by atoms with Crippen LogP contribution >= 0.6 is 0 Å². The molecular weight excluding hydrogens is 324 g/mol. The molecule has 0 aliphatic carbocycles. The number of nitrogens with zero attached hydrogens (tertiary/aromatic N) is 1. The van der Waals surface area contributed by atoms with Crippen LogP contribution in [-0.2, 0) is 0 Å². The smallest absolute Gasteiger partial charge is 0.251 e. The molecule has 4 nitrogen and oxygen atoms in total. The normalized spacial score (nSPS) is 12.0. The van der Waals surface area contributed by atoms with Gasteiger partial charge in [0.25, 0.3) is 5.91 Å². The molecule has 3 aromatic carbocycles. The molecule has 0 bridgehead atoms. The lowest BCUT2D eigenvalue weighted by atomic mass is 9.99. The van der Waals surface area contributed by atoms with E-state index in [-0.39, 0.29) is 5.91 Å². The van der Waals surface area contributed by atoms with Gasteiger partial charge in [0.15, 0.2) is 0 Å². The number of fused-ring (bicyclic) bond motifs is 1. The first-order chi connectivity index (χ1) is 12.6. The molecule has 26 heavy (non-hydrogen) atoms. The van der Waals surface area contributed by atoms with Crippen LogP contribution in [0.15, 0.2) is 66.7 Å². The molecule has 0 aliphatic heterocycles. The lowest BCUT2D eigenvalue weighted by Gasteiger charge is -2.15. The number of hydrogen-bond donors (Lipinski definition) is 2. The Hall–Kier alpha value is -2.85. The standard InChI is InChI=1S/C22H24N2O2/c1-24(2)18-12-10-17(11-13-18)22(26)23-15-14-21(25)20-9-5-7-16-6-3-4-8-19(16)20/h3-13,21,25H,14-15H2,1-2H3,(H,23,26)/t21-/m0/s1. The number of rotatable bonds is 6. The van der Waals surface area contributed by atoms with E-state index in [0.717, 1.165) is 22.0 Å². The van der Waals surface area contributed by atoms with Gasteiger partial charge in [0.05, 0.1) is 6.10 Å². The quantitative estimate of drug-likeness (QED) is 0.713. The number of benzene rings is 3. The van der Waals surface area contributed by atoms with E-state index < -0.39 is 6.10 Å². The summed E-state index contributed by atoms with van der Waals surface area (Å²) in [5.41, 5.74) is 2.57. The van der Waals surface area contributed by atoms with Gasteiger partial charge in [-0.05, 0) is 47.0 Å². The summed E-state index contributed by atoms with van der Waals surface area (Å²) in [5.74, 6) is -0.125. The molecule has 0 unspecified atom stereocenters. The highest BCUT2D eigenvalue weighted by atomic mass is 16.3. The lowest BCUT2D eigenvalue weighted by molar-refractivity contribution is 0.0943. The fourth-order valence-corrected chi connectivity index (χ4v) is 3.03. The Bertz CT molecular complexity index is 883. The molecule has 3 aromatic rings. The van der Waals surface area contributed by atoms with Crippen molar-refractivity contribution in [1.29, 1.82) is 0 Å². The molecule has 0 heterocycles. The number of anilines is 1. The molecular formula is C22H24N2O2. The molecule has 0 fully saturated rings. The van der Waals surface area contributed by atoms with Gasteiger partial charge in [-0.25, -0.2) is 0 Å². The Kier molecular flexibility index (Phi) is 5.54. The number of amides is 1. The van der Waals surface area contributed by atoms with Crippen molar-refractivity contribution >= 4 is 22.4 Å². The summed E-state index contributed by atoms with van der Waals surface area (Å²) in [6.07, 6.45) is -0.146. The Morgan fingerprint density at radius 1 is 1.00 bits per heavy atom. The third-order valence-electron chi connectivity index (χ3n) is 4.53. The lowest BCUT2D eigenvalue weighted by Crippen LogP contribution is -2.25. The van der Waals surface area contributed by atoms with Gasteiger partial charge in [-0.3, -0.25) is 4.79 Å². The van der Waals surface area contributed by atoms with Gasteiger partial charge in [0.2, 0.25) is 0 Å². The van der Waals surface area contributed by atoms with Crippen LogP contribution in [0.4, 0.5) is 5.69 Å². The van der Waals surface area contributed by atoms with E-state index >= 15 is 0 Å². The van der Waals surface area contributed by atoms with E-state index in [2.05, 4.69) is 5.32 Å². The third kappa shape index (κ3) is 4.03. The number of hydrogen-bond acceptors (Lipinski definition) is 3. The van der Waals surface area contributed by atoms with Gasteiger partial charge < -0.3 is 15.3 Å². The molecule has 0 aromatic heterocycles. The first-order valence-corrected chi connectivity index (χ1v) is 8.77. The molecule has 1 amide bonds. The molecule has 0 spiro atoms. The minimum atomic E-state index is -0.613. The van der Waals surface area contributed by atoms with Crippen LogP contribution in [0.1, 0.15) is 28.4 Å². The molecule has 0 aliphatic rings. The van der Waals surface area contributed by atoms with Gasteiger partial charge in [-0.2, -0.15) is 0 Å². The van der Waals surface area contributed by atoms with Crippen molar-refractivity contribution in [2.75, 3.05) is 25.5 Å². The average molecular weight is 348 g/mol. The summed E-state index contributed by atoms with van der Waals surface area (Å²) in [6, 6.07) is 21.4. The zero-order valence-electron chi connectivity index (χ0n) is 15.1. The van der Waals surface area contributed by atoms with Crippen LogP contribution in [0.2, 0.25) is 0 Å². The fraction of sp³-hybridized carbons (Fsp3) is 0.227. The number of carbonyl (C=O) groups is 1. The summed E-state index contributed by atoms with van der Waals surface area (Å²) < 4.78 is 0. The van der Waals surface area contributed by atoms with Crippen LogP contribution in [0.5, 0.6) is 0 Å². The maximum Gasteiger partial charge on any atom is 0.251 e. The Balaban J connectivity index is 1.59. The Morgan fingerprint density at radius 2 is 1.69 bits per heavy atom. The van der Waals surface area contributed by atoms with Crippen molar-refractivity contribution in [3.63, 3.8) is 0 Å². The first-order valence-electron chi connectivity index (χ1n) is 8.77. The highest BCUT2D eigenvalue weighted by Gasteiger charge is 2.12. The number of carbonyl (C=O) groups excluding carboxylic acids is 1. The average Bonchev–Trinajstić information content (AvgIpc) is 2.67. The maximum absolute atomic E-state index is 12.2. The van der Waals surface area contributed by atoms with Crippen LogP contribution in [-0.4, -0.2) is 31.7 Å². The third-order valence-corrected chi connectivity index (χ3v) is 4.53. The molecule has 3 rings (SSSR count). The summed E-state index contributed by atoms with van der Waals surface area (Å²) in [4.78, 5) is 14.2. The van der Waals surface area contributed by atoms with Crippen molar-refractivity contribution in [1.82, 2.24) is 5.32 Å². The van der Waals surface area contributed by atoms with E-state index in [1.54, 1.807) is 0 Å². The van der Waals surface area contributed by atoms with Crippen molar-refractivity contribution < 1.29 is 9.90 Å². The van der Waals surface area contributed by atoms with Gasteiger partial charge in [-0.15, -0.1) is 0 Å². The molecule has 0 saturated heterocycles. The molecule has 0 saturated carbocycles. The number of aliphatic hydroxyl groups is 1. The maximum atomic E-state index is 12.2. The largest absolute Gasteiger partial charge is 0.388 e. The first kappa shape index (κ1) is 18.0. The van der Waals surface area contributed by atoms with Crippen molar-refractivity contribution in [3.8, 4) is 0 Å².